The van der Waals surface area contributed by atoms with Crippen LogP contribution in [0.3, 0.4) is 0 Å². The number of nitriles is 1. The Morgan fingerprint density at radius 2 is 1.10 bits per heavy atom. The van der Waals surface area contributed by atoms with Crippen LogP contribution in [0, 0.1) is 35.0 Å². The maximum absolute atomic E-state index is 13.7. The van der Waals surface area contributed by atoms with Crippen LogP contribution < -0.4 is 23.7 Å². The van der Waals surface area contributed by atoms with E-state index in [-0.39, 0.29) is 42.4 Å². The lowest BCUT2D eigenvalue weighted by Crippen LogP contribution is -2.30. The number of fused-ring (bicyclic) bond motifs is 1. The minimum absolute atomic E-state index is 0.0691. The van der Waals surface area contributed by atoms with Crippen LogP contribution in [-0.2, 0) is 58.9 Å². The molecule has 1 heterocycles. The molecular formula is C58H56N2O16S. The highest BCUT2D eigenvalue weighted by molar-refractivity contribution is 7.21. The zero-order chi connectivity index (χ0) is 54.7. The summed E-state index contributed by atoms with van der Waals surface area (Å²) in [5.74, 6) is -3.64. The third-order valence-corrected chi connectivity index (χ3v) is 13.9. The van der Waals surface area contributed by atoms with E-state index >= 15 is 0 Å². The quantitative estimate of drug-likeness (QED) is 0.0140. The van der Waals surface area contributed by atoms with Crippen LogP contribution in [0.15, 0.2) is 123 Å². The summed E-state index contributed by atoms with van der Waals surface area (Å²) < 4.78 is 50.1. The van der Waals surface area contributed by atoms with Crippen molar-refractivity contribution >= 4 is 63.3 Å². The number of carbonyl (C=O) groups excluding carboxylic acids is 7. The summed E-state index contributed by atoms with van der Waals surface area (Å²) in [5.41, 5.74) is 2.55. The van der Waals surface area contributed by atoms with Gasteiger partial charge >= 0.3 is 41.8 Å². The van der Waals surface area contributed by atoms with E-state index in [2.05, 4.69) is 25.8 Å². The minimum Gasteiger partial charge on any atom is -0.493 e. The summed E-state index contributed by atoms with van der Waals surface area (Å²) in [4.78, 5) is 92.6. The zero-order valence-corrected chi connectivity index (χ0v) is 42.9. The van der Waals surface area contributed by atoms with Crippen LogP contribution in [0.1, 0.15) is 68.9 Å². The first-order chi connectivity index (χ1) is 37.3. The fourth-order valence-electron chi connectivity index (χ4n) is 8.53. The molecule has 2 saturated carbocycles. The molecule has 1 unspecified atom stereocenters. The topological polar surface area (TPSA) is 239 Å². The molecule has 2 aliphatic rings. The molecule has 1 atom stereocenters. The first-order valence-corrected chi connectivity index (χ1v) is 25.8. The van der Waals surface area contributed by atoms with Crippen molar-refractivity contribution in [3.63, 3.8) is 0 Å². The number of hydrogen-bond acceptors (Lipinski definition) is 19. The second kappa shape index (κ2) is 27.8. The minimum atomic E-state index is -1.27. The smallest absolute Gasteiger partial charge is 0.333 e. The third-order valence-electron chi connectivity index (χ3n) is 12.7. The number of carbonyl (C=O) groups is 7. The lowest BCUT2D eigenvalue weighted by molar-refractivity contribution is -0.170. The molecule has 0 radical (unpaired) electrons. The van der Waals surface area contributed by atoms with Gasteiger partial charge in [-0.25, -0.2) is 19.4 Å². The number of thiazole rings is 1. The van der Waals surface area contributed by atoms with Gasteiger partial charge < -0.3 is 42.6 Å². The SMILES string of the molecule is C=CC(=O)OCCCOc1ccc(OC(=O)C2CCC(C(=O)Oc3ccc(CCOC(=O)C4CCC(C(=O)Oc5ccc(OC(COC(=O)C=C)OC(=O)C=C)cc5)CC4)c4sc(-c5ccc(C#N)cc5)nc34)CC2)cc1. The third kappa shape index (κ3) is 16.2. The fraction of sp³-hybridized carbons (Fsp3) is 0.328. The predicted molar refractivity (Wildman–Crippen MR) is 278 cm³/mol. The average Bonchev–Trinajstić information content (AvgIpc) is 3.92. The number of ether oxygens (including phenoxy) is 9. The van der Waals surface area contributed by atoms with E-state index in [4.69, 9.17) is 47.6 Å². The normalized spacial score (nSPS) is 17.2. The highest BCUT2D eigenvalue weighted by Crippen LogP contribution is 2.39. The molecular weight excluding hydrogens is 1010 g/mol. The van der Waals surface area contributed by atoms with Gasteiger partial charge in [-0.2, -0.15) is 5.26 Å². The number of rotatable bonds is 24. The summed E-state index contributed by atoms with van der Waals surface area (Å²) >= 11 is 1.39. The van der Waals surface area contributed by atoms with Crippen molar-refractivity contribution in [2.75, 3.05) is 26.4 Å². The van der Waals surface area contributed by atoms with E-state index in [1.54, 1.807) is 54.6 Å². The van der Waals surface area contributed by atoms with Gasteiger partial charge in [0.1, 0.15) is 33.5 Å². The van der Waals surface area contributed by atoms with Gasteiger partial charge in [0.2, 0.25) is 0 Å². The Morgan fingerprint density at radius 3 is 1.66 bits per heavy atom. The monoisotopic (exact) mass is 1070 g/mol. The average molecular weight is 1070 g/mol. The standard InChI is InChI=1S/C58H56N2O16S/c1-4-48(61)69-32-7-31-68-43-21-23-45(24-22-43)73-57(66)41-16-18-42(19-17-41)58(67)75-47-29-20-37(53-52(47)60-54(77-53)38-10-8-36(34-59)9-11-38)30-33-70-55(64)39-12-14-40(15-13-39)56(65)74-46-27-25-44(26-28-46)72-51(76-50(63)6-3)35-71-49(62)5-2/h4-6,8-11,20-29,39-42,51H,1-3,7,12-19,30-33,35H2. The van der Waals surface area contributed by atoms with Gasteiger partial charge in [-0.05, 0) is 124 Å². The van der Waals surface area contributed by atoms with Crippen LogP contribution in [0.4, 0.5) is 0 Å². The van der Waals surface area contributed by atoms with E-state index in [9.17, 15) is 38.8 Å². The highest BCUT2D eigenvalue weighted by atomic mass is 32.1. The molecule has 1 aromatic heterocycles. The number of aromatic nitrogens is 1. The molecule has 0 spiro atoms. The molecule has 4 aromatic carbocycles. The van der Waals surface area contributed by atoms with Crippen molar-refractivity contribution in [3.8, 4) is 45.4 Å². The van der Waals surface area contributed by atoms with E-state index in [0.717, 1.165) is 34.1 Å². The van der Waals surface area contributed by atoms with Gasteiger partial charge in [0.05, 0.1) is 59.8 Å². The second-order valence-corrected chi connectivity index (χ2v) is 18.9. The first kappa shape index (κ1) is 56.1. The predicted octanol–water partition coefficient (Wildman–Crippen LogP) is 9.31. The van der Waals surface area contributed by atoms with Gasteiger partial charge in [0.15, 0.2) is 12.4 Å². The molecule has 0 amide bonds. The zero-order valence-electron chi connectivity index (χ0n) is 42.1. The van der Waals surface area contributed by atoms with Crippen LogP contribution in [0.25, 0.3) is 20.8 Å². The van der Waals surface area contributed by atoms with Crippen molar-refractivity contribution < 1.29 is 76.2 Å². The van der Waals surface area contributed by atoms with Gasteiger partial charge in [-0.15, -0.1) is 11.3 Å². The molecule has 400 valence electrons. The van der Waals surface area contributed by atoms with Crippen LogP contribution in [-0.4, -0.2) is 79.5 Å². The van der Waals surface area contributed by atoms with Crippen molar-refractivity contribution in [1.29, 1.82) is 5.26 Å². The lowest BCUT2D eigenvalue weighted by Gasteiger charge is -2.26. The molecule has 7 rings (SSSR count). The van der Waals surface area contributed by atoms with Crippen molar-refractivity contribution in [3.05, 3.63) is 134 Å². The lowest BCUT2D eigenvalue weighted by atomic mass is 9.82. The number of esters is 7. The Bertz CT molecular complexity index is 2980. The Hall–Kier alpha value is -8.63. The van der Waals surface area contributed by atoms with Gasteiger partial charge in [0, 0.05) is 36.6 Å². The molecule has 0 saturated heterocycles. The maximum Gasteiger partial charge on any atom is 0.333 e. The number of benzene rings is 4. The summed E-state index contributed by atoms with van der Waals surface area (Å²) in [6, 6.07) is 25.3. The molecule has 2 aliphatic carbocycles. The van der Waals surface area contributed by atoms with E-state index < -0.39 is 66.4 Å². The van der Waals surface area contributed by atoms with Crippen molar-refractivity contribution in [1.82, 2.24) is 4.98 Å². The summed E-state index contributed by atoms with van der Waals surface area (Å²) in [7, 11) is 0. The first-order valence-electron chi connectivity index (χ1n) is 25.0. The molecule has 19 heteroatoms. The van der Waals surface area contributed by atoms with Crippen LogP contribution in [0.5, 0.6) is 28.7 Å². The molecule has 5 aromatic rings. The second-order valence-electron chi connectivity index (χ2n) is 17.9. The number of nitrogens with zero attached hydrogens (tertiary/aromatic N) is 2. The summed E-state index contributed by atoms with van der Waals surface area (Å²) in [6.07, 6.45) is 5.97. The highest BCUT2D eigenvalue weighted by Gasteiger charge is 2.34. The van der Waals surface area contributed by atoms with Crippen LogP contribution >= 0.6 is 11.3 Å². The van der Waals surface area contributed by atoms with Crippen molar-refractivity contribution in [2.24, 2.45) is 23.7 Å². The van der Waals surface area contributed by atoms with E-state index in [0.29, 0.717) is 98.4 Å². The Morgan fingerprint density at radius 1 is 0.584 bits per heavy atom. The largest absolute Gasteiger partial charge is 0.493 e. The van der Waals surface area contributed by atoms with Crippen molar-refractivity contribution in [2.45, 2.75) is 70.5 Å². The van der Waals surface area contributed by atoms with Gasteiger partial charge in [0.25, 0.3) is 6.29 Å². The Kier molecular flexibility index (Phi) is 20.2. The van der Waals surface area contributed by atoms with E-state index in [1.165, 1.54) is 35.6 Å². The van der Waals surface area contributed by atoms with Crippen LogP contribution in [0.2, 0.25) is 0 Å². The molecule has 18 nitrogen and oxygen atoms in total. The fourth-order valence-corrected chi connectivity index (χ4v) is 9.66. The van der Waals surface area contributed by atoms with E-state index in [1.807, 2.05) is 6.07 Å². The molecule has 77 heavy (non-hydrogen) atoms. The van der Waals surface area contributed by atoms with Gasteiger partial charge in [-0.3, -0.25) is 19.2 Å². The molecule has 0 N–H and O–H groups in total. The molecule has 0 aliphatic heterocycles. The number of hydrogen-bond donors (Lipinski definition) is 0. The summed E-state index contributed by atoms with van der Waals surface area (Å²) in [5, 5.41) is 10.0. The maximum atomic E-state index is 13.7. The Balaban J connectivity index is 0.885. The molecule has 0 bridgehead atoms. The summed E-state index contributed by atoms with van der Waals surface area (Å²) in [6.45, 7) is 10.2. The molecule has 2 fully saturated rings. The van der Waals surface area contributed by atoms with Gasteiger partial charge in [-0.1, -0.05) is 37.9 Å². The Labute approximate surface area is 448 Å².